The molecule has 6 heteroatoms. The molecule has 1 amide bonds. The van der Waals surface area contributed by atoms with Crippen molar-refractivity contribution < 1.29 is 9.90 Å². The Balaban J connectivity index is 1.68. The molecule has 3 N–H and O–H groups in total. The molecule has 1 atom stereocenters. The number of H-pyrrole nitrogens is 1. The molecule has 0 aliphatic heterocycles. The number of hydrogen-bond acceptors (Lipinski definition) is 3. The summed E-state index contributed by atoms with van der Waals surface area (Å²) in [5.74, 6) is -0.234. The normalized spacial score (nSPS) is 16.5. The molecule has 0 saturated heterocycles. The Kier molecular flexibility index (Phi) is 4.55. The summed E-state index contributed by atoms with van der Waals surface area (Å²) in [7, 11) is 0. The van der Waals surface area contributed by atoms with Gasteiger partial charge in [0.1, 0.15) is 5.60 Å². The van der Waals surface area contributed by atoms with Gasteiger partial charge in [0.05, 0.1) is 6.54 Å². The lowest BCUT2D eigenvalue weighted by Crippen LogP contribution is -2.39. The fourth-order valence-electron chi connectivity index (χ4n) is 2.92. The summed E-state index contributed by atoms with van der Waals surface area (Å²) < 4.78 is 0.948. The van der Waals surface area contributed by atoms with Crippen LogP contribution in [0.1, 0.15) is 47.1 Å². The van der Waals surface area contributed by atoms with Gasteiger partial charge in [-0.2, -0.15) is 5.10 Å². The standard InChI is InChI=1S/C17H20BrN3O2/c1-17(23,11-6-8-12(18)9-7-11)10-19-16(22)15-13-4-2-3-5-14(13)20-21-15/h6-9,23H,2-5,10H2,1H3,(H,19,22)(H,20,21). The molecule has 1 heterocycles. The van der Waals surface area contributed by atoms with Gasteiger partial charge in [0.2, 0.25) is 0 Å². The minimum absolute atomic E-state index is 0.134. The van der Waals surface area contributed by atoms with Crippen molar-refractivity contribution in [2.45, 2.75) is 38.2 Å². The second kappa shape index (κ2) is 6.45. The maximum Gasteiger partial charge on any atom is 0.272 e. The maximum absolute atomic E-state index is 12.4. The first-order chi connectivity index (χ1) is 11.0. The molecule has 23 heavy (non-hydrogen) atoms. The van der Waals surface area contributed by atoms with Crippen LogP contribution in [0.3, 0.4) is 0 Å². The van der Waals surface area contributed by atoms with Crippen LogP contribution in [-0.2, 0) is 18.4 Å². The number of nitrogens with zero attached hydrogens (tertiary/aromatic N) is 1. The predicted octanol–water partition coefficient (Wildman–Crippen LogP) is 2.69. The quantitative estimate of drug-likeness (QED) is 0.766. The molecule has 1 aromatic carbocycles. The summed E-state index contributed by atoms with van der Waals surface area (Å²) in [6, 6.07) is 7.42. The highest BCUT2D eigenvalue weighted by atomic mass is 79.9. The Labute approximate surface area is 143 Å². The third-order valence-corrected chi connectivity index (χ3v) is 4.86. The minimum Gasteiger partial charge on any atom is -0.384 e. The second-order valence-electron chi connectivity index (χ2n) is 6.20. The van der Waals surface area contributed by atoms with Crippen molar-refractivity contribution in [2.75, 3.05) is 6.54 Å². The van der Waals surface area contributed by atoms with E-state index in [2.05, 4.69) is 31.4 Å². The van der Waals surface area contributed by atoms with Crippen molar-refractivity contribution >= 4 is 21.8 Å². The number of aromatic nitrogens is 2. The largest absolute Gasteiger partial charge is 0.384 e. The van der Waals surface area contributed by atoms with Crippen molar-refractivity contribution in [2.24, 2.45) is 0 Å². The smallest absolute Gasteiger partial charge is 0.272 e. The van der Waals surface area contributed by atoms with E-state index in [-0.39, 0.29) is 12.5 Å². The van der Waals surface area contributed by atoms with Gasteiger partial charge in [-0.3, -0.25) is 9.89 Å². The summed E-state index contributed by atoms with van der Waals surface area (Å²) in [5.41, 5.74) is 2.18. The van der Waals surface area contributed by atoms with Gasteiger partial charge < -0.3 is 10.4 Å². The van der Waals surface area contributed by atoms with Gasteiger partial charge in [-0.15, -0.1) is 0 Å². The number of benzene rings is 1. The number of aryl methyl sites for hydroxylation is 1. The molecular formula is C17H20BrN3O2. The third-order valence-electron chi connectivity index (χ3n) is 4.33. The average Bonchev–Trinajstić information content (AvgIpc) is 2.97. The van der Waals surface area contributed by atoms with Crippen LogP contribution in [0, 0.1) is 0 Å². The number of nitrogens with one attached hydrogen (secondary N) is 2. The first-order valence-electron chi connectivity index (χ1n) is 7.80. The van der Waals surface area contributed by atoms with E-state index in [1.54, 1.807) is 6.92 Å². The van der Waals surface area contributed by atoms with Crippen LogP contribution in [0.15, 0.2) is 28.7 Å². The molecule has 5 nitrogen and oxygen atoms in total. The molecule has 0 spiro atoms. The number of aromatic amines is 1. The Morgan fingerprint density at radius 3 is 2.78 bits per heavy atom. The average molecular weight is 378 g/mol. The van der Waals surface area contributed by atoms with Gasteiger partial charge >= 0.3 is 0 Å². The monoisotopic (exact) mass is 377 g/mol. The molecule has 2 aromatic rings. The van der Waals surface area contributed by atoms with Crippen LogP contribution >= 0.6 is 15.9 Å². The van der Waals surface area contributed by atoms with E-state index in [9.17, 15) is 9.90 Å². The Hall–Kier alpha value is -1.66. The van der Waals surface area contributed by atoms with E-state index < -0.39 is 5.60 Å². The number of halogens is 1. The van der Waals surface area contributed by atoms with Crippen molar-refractivity contribution in [1.29, 1.82) is 0 Å². The van der Waals surface area contributed by atoms with Crippen molar-refractivity contribution in [3.05, 3.63) is 51.3 Å². The Morgan fingerprint density at radius 1 is 1.35 bits per heavy atom. The minimum atomic E-state index is -1.13. The number of carbonyl (C=O) groups excluding carboxylic acids is 1. The van der Waals surface area contributed by atoms with Gasteiger partial charge in [0.15, 0.2) is 5.69 Å². The number of carbonyl (C=O) groups is 1. The van der Waals surface area contributed by atoms with Gasteiger partial charge in [-0.05, 0) is 50.3 Å². The summed E-state index contributed by atoms with van der Waals surface area (Å²) in [6.07, 6.45) is 4.06. The summed E-state index contributed by atoms with van der Waals surface area (Å²) in [4.78, 5) is 12.4. The highest BCUT2D eigenvalue weighted by molar-refractivity contribution is 9.10. The van der Waals surface area contributed by atoms with Gasteiger partial charge in [0, 0.05) is 15.7 Å². The fraction of sp³-hybridized carbons (Fsp3) is 0.412. The van der Waals surface area contributed by atoms with Crippen LogP contribution in [0.5, 0.6) is 0 Å². The Bertz CT molecular complexity index is 707. The van der Waals surface area contributed by atoms with E-state index in [4.69, 9.17) is 0 Å². The highest BCUT2D eigenvalue weighted by Crippen LogP contribution is 2.24. The van der Waals surface area contributed by atoms with Crippen molar-refractivity contribution in [3.63, 3.8) is 0 Å². The molecule has 0 saturated carbocycles. The number of rotatable bonds is 4. The van der Waals surface area contributed by atoms with Crippen LogP contribution in [0.2, 0.25) is 0 Å². The molecular weight excluding hydrogens is 358 g/mol. The van der Waals surface area contributed by atoms with E-state index in [0.717, 1.165) is 47.0 Å². The van der Waals surface area contributed by atoms with Gasteiger partial charge in [0.25, 0.3) is 5.91 Å². The fourth-order valence-corrected chi connectivity index (χ4v) is 3.18. The molecule has 1 aliphatic carbocycles. The van der Waals surface area contributed by atoms with Crippen LogP contribution in [0.25, 0.3) is 0 Å². The zero-order valence-electron chi connectivity index (χ0n) is 13.0. The topological polar surface area (TPSA) is 78.0 Å². The highest BCUT2D eigenvalue weighted by Gasteiger charge is 2.26. The van der Waals surface area contributed by atoms with E-state index >= 15 is 0 Å². The first kappa shape index (κ1) is 16.2. The van der Waals surface area contributed by atoms with Crippen molar-refractivity contribution in [1.82, 2.24) is 15.5 Å². The third kappa shape index (κ3) is 3.48. The Morgan fingerprint density at radius 2 is 2.04 bits per heavy atom. The zero-order valence-corrected chi connectivity index (χ0v) is 14.6. The van der Waals surface area contributed by atoms with Gasteiger partial charge in [-0.25, -0.2) is 0 Å². The molecule has 1 aromatic heterocycles. The number of amides is 1. The molecule has 0 fully saturated rings. The lowest BCUT2D eigenvalue weighted by molar-refractivity contribution is 0.0524. The molecule has 0 bridgehead atoms. The van der Waals surface area contributed by atoms with Crippen LogP contribution < -0.4 is 5.32 Å². The summed E-state index contributed by atoms with van der Waals surface area (Å²) in [5, 5.41) is 20.5. The van der Waals surface area contributed by atoms with E-state index in [1.165, 1.54) is 0 Å². The molecule has 122 valence electrons. The SMILES string of the molecule is CC(O)(CNC(=O)c1n[nH]c2c1CCCC2)c1ccc(Br)cc1. The first-order valence-corrected chi connectivity index (χ1v) is 8.59. The number of fused-ring (bicyclic) bond motifs is 1. The number of aliphatic hydroxyl groups is 1. The zero-order chi connectivity index (χ0) is 16.4. The van der Waals surface area contributed by atoms with Crippen LogP contribution in [0.4, 0.5) is 0 Å². The maximum atomic E-state index is 12.4. The lowest BCUT2D eigenvalue weighted by Gasteiger charge is -2.24. The summed E-state index contributed by atoms with van der Waals surface area (Å²) in [6.45, 7) is 1.83. The van der Waals surface area contributed by atoms with Gasteiger partial charge in [-0.1, -0.05) is 28.1 Å². The predicted molar refractivity (Wildman–Crippen MR) is 91.3 cm³/mol. The summed E-state index contributed by atoms with van der Waals surface area (Å²) >= 11 is 3.37. The van der Waals surface area contributed by atoms with Crippen molar-refractivity contribution in [3.8, 4) is 0 Å². The van der Waals surface area contributed by atoms with Crippen LogP contribution in [-0.4, -0.2) is 27.8 Å². The number of hydrogen-bond donors (Lipinski definition) is 3. The van der Waals surface area contributed by atoms with E-state index in [1.807, 2.05) is 24.3 Å². The molecule has 0 radical (unpaired) electrons. The van der Waals surface area contributed by atoms with E-state index in [0.29, 0.717) is 5.69 Å². The lowest BCUT2D eigenvalue weighted by atomic mass is 9.95. The molecule has 1 aliphatic rings. The second-order valence-corrected chi connectivity index (χ2v) is 7.12. The molecule has 3 rings (SSSR count). The molecule has 1 unspecified atom stereocenters.